The molecule has 5 nitrogen and oxygen atoms in total. The van der Waals surface area contributed by atoms with Crippen molar-refractivity contribution < 1.29 is 9.53 Å². The second-order valence-electron chi connectivity index (χ2n) is 5.54. The Morgan fingerprint density at radius 3 is 2.56 bits per heavy atom. The van der Waals surface area contributed by atoms with Crippen LogP contribution in [0.1, 0.15) is 18.1 Å². The van der Waals surface area contributed by atoms with Crippen molar-refractivity contribution in [2.24, 2.45) is 0 Å². The molecule has 0 heterocycles. The third kappa shape index (κ3) is 5.11. The molecule has 5 heteroatoms. The first-order valence-electron chi connectivity index (χ1n) is 8.01. The van der Waals surface area contributed by atoms with Gasteiger partial charge in [-0.2, -0.15) is 5.26 Å². The van der Waals surface area contributed by atoms with E-state index in [4.69, 9.17) is 4.74 Å². The molecule has 0 aliphatic rings. The lowest BCUT2D eigenvalue weighted by molar-refractivity contribution is -0.112. The summed E-state index contributed by atoms with van der Waals surface area (Å²) >= 11 is 0. The Bertz CT molecular complexity index is 818. The van der Waals surface area contributed by atoms with E-state index in [1.165, 1.54) is 6.20 Å². The topological polar surface area (TPSA) is 74.1 Å². The van der Waals surface area contributed by atoms with Gasteiger partial charge in [-0.05, 0) is 62.2 Å². The highest BCUT2D eigenvalue weighted by molar-refractivity contribution is 6.06. The molecule has 0 bridgehead atoms. The minimum absolute atomic E-state index is 0.00482. The number of anilines is 2. The van der Waals surface area contributed by atoms with Gasteiger partial charge in [0.15, 0.2) is 0 Å². The number of aryl methyl sites for hydroxylation is 2. The van der Waals surface area contributed by atoms with E-state index >= 15 is 0 Å². The van der Waals surface area contributed by atoms with Gasteiger partial charge in [-0.3, -0.25) is 4.79 Å². The van der Waals surface area contributed by atoms with Gasteiger partial charge in [0.25, 0.3) is 5.91 Å². The SMILES string of the molecule is CCOc1ccc(NC(=O)/C(C#N)=C\Nc2cc(C)ccc2C)cc1. The number of benzene rings is 2. The molecule has 0 saturated heterocycles. The monoisotopic (exact) mass is 335 g/mol. The summed E-state index contributed by atoms with van der Waals surface area (Å²) in [6.45, 7) is 6.43. The summed E-state index contributed by atoms with van der Waals surface area (Å²) in [7, 11) is 0. The highest BCUT2D eigenvalue weighted by Crippen LogP contribution is 2.18. The largest absolute Gasteiger partial charge is 0.494 e. The highest BCUT2D eigenvalue weighted by Gasteiger charge is 2.09. The number of carbonyl (C=O) groups excluding carboxylic acids is 1. The van der Waals surface area contributed by atoms with Crippen LogP contribution >= 0.6 is 0 Å². The summed E-state index contributed by atoms with van der Waals surface area (Å²) in [6.07, 6.45) is 1.42. The van der Waals surface area contributed by atoms with Crippen molar-refractivity contribution in [3.05, 3.63) is 65.4 Å². The van der Waals surface area contributed by atoms with Crippen molar-refractivity contribution in [3.8, 4) is 11.8 Å². The van der Waals surface area contributed by atoms with Gasteiger partial charge >= 0.3 is 0 Å². The number of rotatable bonds is 6. The summed E-state index contributed by atoms with van der Waals surface area (Å²) in [6, 6.07) is 14.9. The predicted molar refractivity (Wildman–Crippen MR) is 99.5 cm³/mol. The maximum Gasteiger partial charge on any atom is 0.267 e. The molecule has 2 aromatic carbocycles. The van der Waals surface area contributed by atoms with Gasteiger partial charge in [0, 0.05) is 17.6 Å². The molecular weight excluding hydrogens is 314 g/mol. The molecule has 2 aromatic rings. The molecule has 0 fully saturated rings. The third-order valence-corrected chi connectivity index (χ3v) is 3.55. The summed E-state index contributed by atoms with van der Waals surface area (Å²) in [5.74, 6) is 0.262. The van der Waals surface area contributed by atoms with Crippen molar-refractivity contribution in [2.45, 2.75) is 20.8 Å². The molecule has 0 radical (unpaired) electrons. The minimum atomic E-state index is -0.468. The molecule has 25 heavy (non-hydrogen) atoms. The Morgan fingerprint density at radius 1 is 1.20 bits per heavy atom. The van der Waals surface area contributed by atoms with Crippen LogP contribution in [0.5, 0.6) is 5.75 Å². The van der Waals surface area contributed by atoms with E-state index in [9.17, 15) is 10.1 Å². The zero-order valence-corrected chi connectivity index (χ0v) is 14.6. The Kier molecular flexibility index (Phi) is 6.19. The van der Waals surface area contributed by atoms with E-state index in [2.05, 4.69) is 10.6 Å². The van der Waals surface area contributed by atoms with Crippen molar-refractivity contribution in [2.75, 3.05) is 17.2 Å². The molecule has 0 unspecified atom stereocenters. The van der Waals surface area contributed by atoms with Gasteiger partial charge in [0.1, 0.15) is 17.4 Å². The second kappa shape index (κ2) is 8.55. The summed E-state index contributed by atoms with van der Waals surface area (Å²) in [5, 5.41) is 15.0. The Balaban J connectivity index is 2.07. The van der Waals surface area contributed by atoms with Gasteiger partial charge in [0.2, 0.25) is 0 Å². The lowest BCUT2D eigenvalue weighted by atomic mass is 10.1. The number of amides is 1. The predicted octanol–water partition coefficient (Wildman–Crippen LogP) is 4.16. The molecule has 0 spiro atoms. The van der Waals surface area contributed by atoms with Gasteiger partial charge in [-0.15, -0.1) is 0 Å². The molecule has 0 saturated carbocycles. The number of hydrogen-bond acceptors (Lipinski definition) is 4. The van der Waals surface area contributed by atoms with Crippen LogP contribution in [-0.4, -0.2) is 12.5 Å². The van der Waals surface area contributed by atoms with Crippen LogP contribution in [-0.2, 0) is 4.79 Å². The third-order valence-electron chi connectivity index (χ3n) is 3.55. The van der Waals surface area contributed by atoms with Gasteiger partial charge in [-0.25, -0.2) is 0 Å². The van der Waals surface area contributed by atoms with E-state index in [1.54, 1.807) is 24.3 Å². The van der Waals surface area contributed by atoms with Crippen LogP contribution in [0.3, 0.4) is 0 Å². The highest BCUT2D eigenvalue weighted by atomic mass is 16.5. The average Bonchev–Trinajstić information content (AvgIpc) is 2.60. The van der Waals surface area contributed by atoms with Gasteiger partial charge in [-0.1, -0.05) is 12.1 Å². The van der Waals surface area contributed by atoms with Crippen molar-refractivity contribution in [3.63, 3.8) is 0 Å². The number of nitriles is 1. The molecule has 128 valence electrons. The molecule has 0 aliphatic heterocycles. The Morgan fingerprint density at radius 2 is 1.92 bits per heavy atom. The van der Waals surface area contributed by atoms with Crippen molar-refractivity contribution in [1.82, 2.24) is 0 Å². The molecule has 2 rings (SSSR count). The Hall–Kier alpha value is -3.26. The quantitative estimate of drug-likeness (QED) is 0.614. The van der Waals surface area contributed by atoms with Crippen LogP contribution in [0, 0.1) is 25.2 Å². The number of hydrogen-bond donors (Lipinski definition) is 2. The van der Waals surface area contributed by atoms with Crippen LogP contribution in [0.4, 0.5) is 11.4 Å². The van der Waals surface area contributed by atoms with E-state index in [0.717, 1.165) is 22.6 Å². The normalized spacial score (nSPS) is 10.7. The second-order valence-corrected chi connectivity index (χ2v) is 5.54. The number of nitrogens with one attached hydrogen (secondary N) is 2. The van der Waals surface area contributed by atoms with Crippen molar-refractivity contribution >= 4 is 17.3 Å². The average molecular weight is 335 g/mol. The molecule has 2 N–H and O–H groups in total. The molecule has 1 amide bonds. The zero-order chi connectivity index (χ0) is 18.2. The fraction of sp³-hybridized carbons (Fsp3) is 0.200. The van der Waals surface area contributed by atoms with E-state index in [1.807, 2.05) is 45.0 Å². The summed E-state index contributed by atoms with van der Waals surface area (Å²) in [5.41, 5.74) is 3.59. The van der Waals surface area contributed by atoms with Crippen LogP contribution in [0.25, 0.3) is 0 Å². The van der Waals surface area contributed by atoms with E-state index < -0.39 is 5.91 Å². The van der Waals surface area contributed by atoms with Crippen LogP contribution in [0.15, 0.2) is 54.2 Å². The van der Waals surface area contributed by atoms with Crippen LogP contribution < -0.4 is 15.4 Å². The lowest BCUT2D eigenvalue weighted by Crippen LogP contribution is -2.14. The summed E-state index contributed by atoms with van der Waals surface area (Å²) < 4.78 is 5.36. The molecular formula is C20H21N3O2. The van der Waals surface area contributed by atoms with E-state index in [0.29, 0.717) is 12.3 Å². The minimum Gasteiger partial charge on any atom is -0.494 e. The van der Waals surface area contributed by atoms with Gasteiger partial charge in [0.05, 0.1) is 6.61 Å². The number of ether oxygens (including phenoxy) is 1. The molecule has 0 aromatic heterocycles. The Labute approximate surface area is 147 Å². The van der Waals surface area contributed by atoms with Gasteiger partial charge < -0.3 is 15.4 Å². The first kappa shape index (κ1) is 18.1. The number of carbonyl (C=O) groups is 1. The standard InChI is InChI=1S/C20H21N3O2/c1-4-25-18-9-7-17(8-10-18)23-20(24)16(12-21)13-22-19-11-14(2)5-6-15(19)3/h5-11,13,22H,4H2,1-3H3,(H,23,24)/b16-13-. The molecule has 0 aliphatic carbocycles. The van der Waals surface area contributed by atoms with Crippen molar-refractivity contribution in [1.29, 1.82) is 5.26 Å². The maximum atomic E-state index is 12.3. The molecule has 0 atom stereocenters. The maximum absolute atomic E-state index is 12.3. The van der Waals surface area contributed by atoms with Crippen LogP contribution in [0.2, 0.25) is 0 Å². The smallest absolute Gasteiger partial charge is 0.267 e. The fourth-order valence-corrected chi connectivity index (χ4v) is 2.19. The lowest BCUT2D eigenvalue weighted by Gasteiger charge is -2.08. The first-order valence-corrected chi connectivity index (χ1v) is 8.01. The number of nitrogens with zero attached hydrogens (tertiary/aromatic N) is 1. The summed E-state index contributed by atoms with van der Waals surface area (Å²) in [4.78, 5) is 12.3. The zero-order valence-electron chi connectivity index (χ0n) is 14.6. The van der Waals surface area contributed by atoms with E-state index in [-0.39, 0.29) is 5.57 Å². The first-order chi connectivity index (χ1) is 12.0. The fourth-order valence-electron chi connectivity index (χ4n) is 2.19.